The van der Waals surface area contributed by atoms with E-state index in [4.69, 9.17) is 18.9 Å². The van der Waals surface area contributed by atoms with Crippen molar-refractivity contribution in [3.63, 3.8) is 0 Å². The van der Waals surface area contributed by atoms with Gasteiger partial charge >= 0.3 is 18.1 Å². The molecule has 49 heavy (non-hydrogen) atoms. The number of halogens is 3. The van der Waals surface area contributed by atoms with Gasteiger partial charge in [-0.1, -0.05) is 101 Å². The van der Waals surface area contributed by atoms with Gasteiger partial charge in [0.05, 0.1) is 12.2 Å². The highest BCUT2D eigenvalue weighted by Crippen LogP contribution is 2.30. The number of unbranched alkanes of at least 4 members (excludes halogenated alkanes) is 10. The maximum absolute atomic E-state index is 13.6. The van der Waals surface area contributed by atoms with Crippen LogP contribution in [-0.4, -0.2) is 44.0 Å². The van der Waals surface area contributed by atoms with E-state index in [-0.39, 0.29) is 23.3 Å². The zero-order valence-corrected chi connectivity index (χ0v) is 28.9. The predicted molar refractivity (Wildman–Crippen MR) is 186 cm³/mol. The van der Waals surface area contributed by atoms with E-state index in [1.807, 2.05) is 24.3 Å². The van der Waals surface area contributed by atoms with Crippen molar-refractivity contribution in [2.75, 3.05) is 19.8 Å². The highest BCUT2D eigenvalue weighted by Gasteiger charge is 2.42. The average molecular weight is 685 g/mol. The Morgan fingerprint density at radius 3 is 1.84 bits per heavy atom. The molecule has 3 aromatic rings. The van der Waals surface area contributed by atoms with Gasteiger partial charge in [-0.3, -0.25) is 0 Å². The molecule has 0 saturated carbocycles. The summed E-state index contributed by atoms with van der Waals surface area (Å²) >= 11 is 0. The third-order valence-electron chi connectivity index (χ3n) is 8.21. The number of para-hydroxylation sites is 1. The van der Waals surface area contributed by atoms with Crippen LogP contribution in [0.3, 0.4) is 0 Å². The number of carbonyl (C=O) groups excluding carboxylic acids is 2. The lowest BCUT2D eigenvalue weighted by atomic mass is 10.0. The molecule has 268 valence electrons. The van der Waals surface area contributed by atoms with Crippen molar-refractivity contribution in [2.45, 2.75) is 110 Å². The third kappa shape index (κ3) is 14.7. The molecule has 6 nitrogen and oxygen atoms in total. The summed E-state index contributed by atoms with van der Waals surface area (Å²) in [6.07, 6.45) is 5.91. The second kappa shape index (κ2) is 22.0. The molecule has 0 aromatic heterocycles. The Labute approximate surface area is 289 Å². The van der Waals surface area contributed by atoms with Crippen molar-refractivity contribution in [3.05, 3.63) is 83.9 Å². The Bertz CT molecular complexity index is 1370. The fourth-order valence-corrected chi connectivity index (χ4v) is 5.37. The molecule has 9 heteroatoms. The molecule has 3 rings (SSSR count). The molecule has 0 aliphatic rings. The van der Waals surface area contributed by atoms with E-state index in [9.17, 15) is 22.8 Å². The van der Waals surface area contributed by atoms with Crippen molar-refractivity contribution in [2.24, 2.45) is 0 Å². The van der Waals surface area contributed by atoms with Crippen molar-refractivity contribution in [1.29, 1.82) is 0 Å². The highest BCUT2D eigenvalue weighted by molar-refractivity contribution is 5.96. The predicted octanol–water partition coefficient (Wildman–Crippen LogP) is 11.2. The molecule has 1 unspecified atom stereocenters. The van der Waals surface area contributed by atoms with Gasteiger partial charge in [0.1, 0.15) is 17.1 Å². The van der Waals surface area contributed by atoms with Crippen molar-refractivity contribution < 1.29 is 41.7 Å². The number of esters is 2. The maximum atomic E-state index is 13.6. The molecule has 0 heterocycles. The zero-order valence-electron chi connectivity index (χ0n) is 28.9. The Morgan fingerprint density at radius 1 is 0.653 bits per heavy atom. The van der Waals surface area contributed by atoms with E-state index in [1.54, 1.807) is 31.2 Å². The minimum Gasteiger partial charge on any atom is -0.494 e. The van der Waals surface area contributed by atoms with Crippen LogP contribution in [0.5, 0.6) is 11.5 Å². The van der Waals surface area contributed by atoms with Crippen LogP contribution < -0.4 is 9.47 Å². The van der Waals surface area contributed by atoms with Crippen LogP contribution in [0.2, 0.25) is 0 Å². The van der Waals surface area contributed by atoms with Crippen LogP contribution >= 0.6 is 0 Å². The molecule has 1 atom stereocenters. The fourth-order valence-electron chi connectivity index (χ4n) is 5.37. The third-order valence-corrected chi connectivity index (χ3v) is 8.21. The summed E-state index contributed by atoms with van der Waals surface area (Å²) in [4.78, 5) is 25.8. The summed E-state index contributed by atoms with van der Waals surface area (Å²) in [6, 6.07) is 20.1. The van der Waals surface area contributed by atoms with Crippen LogP contribution in [0.15, 0.2) is 72.8 Å². The first kappa shape index (κ1) is 39.6. The van der Waals surface area contributed by atoms with Crippen LogP contribution in [-0.2, 0) is 9.47 Å². The summed E-state index contributed by atoms with van der Waals surface area (Å²) < 4.78 is 62.2. The molecule has 0 aliphatic heterocycles. The molecule has 0 N–H and O–H groups in total. The molecule has 0 aliphatic carbocycles. The molecule has 3 aromatic carbocycles. The Morgan fingerprint density at radius 2 is 1.22 bits per heavy atom. The van der Waals surface area contributed by atoms with Gasteiger partial charge in [-0.25, -0.2) is 9.59 Å². The number of benzene rings is 3. The fraction of sp³-hybridized carbons (Fsp3) is 0.500. The van der Waals surface area contributed by atoms with Gasteiger partial charge in [-0.15, -0.1) is 0 Å². The van der Waals surface area contributed by atoms with Crippen molar-refractivity contribution in [1.82, 2.24) is 0 Å². The van der Waals surface area contributed by atoms with Crippen molar-refractivity contribution >= 4 is 11.9 Å². The first-order valence-electron chi connectivity index (χ1n) is 17.7. The standard InChI is InChI=1S/C40H51F3O6/c1-3-5-6-7-8-9-10-11-12-16-30-47-34-27-25-32(26-28-34)31-21-23-33(24-22-31)38(44)48-36-19-14-13-18-35(36)39(45)49-37(40(41,42)43)20-15-17-29-46-4-2/h13-14,18-19,21-28,37H,3-12,15-17,20,29-30H2,1-2H3. The Balaban J connectivity index is 1.48. The summed E-state index contributed by atoms with van der Waals surface area (Å²) in [5.41, 5.74) is 1.76. The minimum absolute atomic E-state index is 0.168. The molecule has 0 fully saturated rings. The van der Waals surface area contributed by atoms with Gasteiger partial charge in [-0.2, -0.15) is 13.2 Å². The lowest BCUT2D eigenvalue weighted by molar-refractivity contribution is -0.206. The van der Waals surface area contributed by atoms with Gasteiger partial charge in [0.25, 0.3) is 0 Å². The first-order valence-corrected chi connectivity index (χ1v) is 17.7. The number of ether oxygens (including phenoxy) is 4. The molecule has 0 saturated heterocycles. The van der Waals surface area contributed by atoms with Crippen molar-refractivity contribution in [3.8, 4) is 22.6 Å². The quantitative estimate of drug-likeness (QED) is 0.0562. The second-order valence-electron chi connectivity index (χ2n) is 12.1. The van der Waals surface area contributed by atoms with Crippen LogP contribution in [0.1, 0.15) is 118 Å². The van der Waals surface area contributed by atoms with E-state index >= 15 is 0 Å². The lowest BCUT2D eigenvalue weighted by Gasteiger charge is -2.21. The molecule has 0 bridgehead atoms. The highest BCUT2D eigenvalue weighted by atomic mass is 19.4. The Kier molecular flexibility index (Phi) is 17.8. The summed E-state index contributed by atoms with van der Waals surface area (Å²) in [7, 11) is 0. The van der Waals surface area contributed by atoms with Gasteiger partial charge in [0, 0.05) is 13.2 Å². The largest absolute Gasteiger partial charge is 0.494 e. The van der Waals surface area contributed by atoms with E-state index in [1.165, 1.54) is 82.1 Å². The van der Waals surface area contributed by atoms with Gasteiger partial charge in [-0.05, 0) is 80.1 Å². The Hall–Kier alpha value is -3.85. The van der Waals surface area contributed by atoms with Gasteiger partial charge in [0.15, 0.2) is 6.10 Å². The molecular formula is C40H51F3O6. The van der Waals surface area contributed by atoms with Gasteiger partial charge in [0.2, 0.25) is 0 Å². The number of alkyl halides is 3. The minimum atomic E-state index is -4.74. The molecule has 0 radical (unpaired) electrons. The molecular weight excluding hydrogens is 633 g/mol. The van der Waals surface area contributed by atoms with Gasteiger partial charge < -0.3 is 18.9 Å². The number of hydrogen-bond donors (Lipinski definition) is 0. The molecule has 0 spiro atoms. The topological polar surface area (TPSA) is 71.1 Å². The van der Waals surface area contributed by atoms with Crippen LogP contribution in [0.4, 0.5) is 13.2 Å². The number of carbonyl (C=O) groups is 2. The van der Waals surface area contributed by atoms with E-state index in [2.05, 4.69) is 6.92 Å². The SMILES string of the molecule is CCCCCCCCCCCCOc1ccc(-c2ccc(C(=O)Oc3ccccc3C(=O)OC(CCCCOCC)C(F)(F)F)cc2)cc1. The van der Waals surface area contributed by atoms with E-state index in [0.717, 1.165) is 23.3 Å². The normalized spacial score (nSPS) is 12.0. The molecule has 0 amide bonds. The smallest absolute Gasteiger partial charge is 0.425 e. The van der Waals surface area contributed by atoms with Crippen LogP contribution in [0.25, 0.3) is 11.1 Å². The monoisotopic (exact) mass is 684 g/mol. The van der Waals surface area contributed by atoms with E-state index < -0.39 is 30.6 Å². The lowest BCUT2D eigenvalue weighted by Crippen LogP contribution is -2.34. The second-order valence-corrected chi connectivity index (χ2v) is 12.1. The summed E-state index contributed by atoms with van der Waals surface area (Å²) in [5, 5.41) is 0. The maximum Gasteiger partial charge on any atom is 0.425 e. The summed E-state index contributed by atoms with van der Waals surface area (Å²) in [5.74, 6) is -1.36. The summed E-state index contributed by atoms with van der Waals surface area (Å²) in [6.45, 7) is 5.53. The zero-order chi connectivity index (χ0) is 35.3. The van der Waals surface area contributed by atoms with E-state index in [0.29, 0.717) is 26.2 Å². The number of rotatable bonds is 23. The average Bonchev–Trinajstić information content (AvgIpc) is 3.10. The first-order chi connectivity index (χ1) is 23.7. The number of hydrogen-bond acceptors (Lipinski definition) is 6. The van der Waals surface area contributed by atoms with Crippen LogP contribution in [0, 0.1) is 0 Å².